The molecule has 2 aromatic carbocycles. The van der Waals surface area contributed by atoms with E-state index in [1.807, 2.05) is 36.4 Å². The molecule has 0 saturated carbocycles. The van der Waals surface area contributed by atoms with Gasteiger partial charge in [-0.15, -0.1) is 6.58 Å². The van der Waals surface area contributed by atoms with Crippen LogP contribution >= 0.6 is 0 Å². The summed E-state index contributed by atoms with van der Waals surface area (Å²) < 4.78 is 34.9. The van der Waals surface area contributed by atoms with Gasteiger partial charge in [-0.1, -0.05) is 48.5 Å². The lowest BCUT2D eigenvalue weighted by Crippen LogP contribution is -2.43. The number of fused-ring (bicyclic) bond motifs is 2. The first-order valence-electron chi connectivity index (χ1n) is 9.22. The molecule has 1 aromatic heterocycles. The maximum atomic E-state index is 13.8. The number of sulfonamides is 1. The molecule has 0 saturated heterocycles. The summed E-state index contributed by atoms with van der Waals surface area (Å²) in [7, 11) is -3.80. The van der Waals surface area contributed by atoms with Crippen LogP contribution in [0.1, 0.15) is 17.5 Å². The molecule has 6 heteroatoms. The molecule has 0 amide bonds. The first kappa shape index (κ1) is 18.8. The van der Waals surface area contributed by atoms with Crippen molar-refractivity contribution in [2.75, 3.05) is 6.61 Å². The summed E-state index contributed by atoms with van der Waals surface area (Å²) in [6, 6.07) is 16.4. The number of para-hydroxylation sites is 1. The van der Waals surface area contributed by atoms with Crippen molar-refractivity contribution in [2.45, 2.75) is 30.5 Å². The van der Waals surface area contributed by atoms with Gasteiger partial charge in [-0.05, 0) is 29.7 Å². The van der Waals surface area contributed by atoms with Crippen molar-refractivity contribution < 1.29 is 13.2 Å². The molecule has 0 spiro atoms. The lowest BCUT2D eigenvalue weighted by molar-refractivity contribution is 0.0683. The van der Waals surface area contributed by atoms with Gasteiger partial charge >= 0.3 is 0 Å². The van der Waals surface area contributed by atoms with Crippen molar-refractivity contribution in [3.63, 3.8) is 0 Å². The Morgan fingerprint density at radius 3 is 2.71 bits per heavy atom. The number of ether oxygens (including phenoxy) is 1. The highest BCUT2D eigenvalue weighted by Crippen LogP contribution is 2.29. The van der Waals surface area contributed by atoms with Crippen molar-refractivity contribution in [1.82, 2.24) is 9.29 Å². The second-order valence-electron chi connectivity index (χ2n) is 6.84. The molecule has 0 radical (unpaired) electrons. The smallest absolute Gasteiger partial charge is 0.245 e. The molecule has 3 aromatic rings. The van der Waals surface area contributed by atoms with Crippen molar-refractivity contribution in [1.29, 1.82) is 0 Å². The molecule has 28 heavy (non-hydrogen) atoms. The second kappa shape index (κ2) is 7.83. The summed E-state index contributed by atoms with van der Waals surface area (Å²) in [6.07, 6.45) is 3.87. The van der Waals surface area contributed by atoms with Crippen molar-refractivity contribution in [3.8, 4) is 0 Å². The fraction of sp³-hybridized carbons (Fsp3) is 0.227. The maximum Gasteiger partial charge on any atom is 0.245 e. The van der Waals surface area contributed by atoms with Crippen LogP contribution in [0.5, 0.6) is 0 Å². The molecule has 0 fully saturated rings. The van der Waals surface area contributed by atoms with E-state index >= 15 is 0 Å². The van der Waals surface area contributed by atoms with Gasteiger partial charge in [0.05, 0.1) is 24.8 Å². The Balaban J connectivity index is 1.85. The average molecular weight is 394 g/mol. The molecule has 1 aliphatic heterocycles. The van der Waals surface area contributed by atoms with E-state index in [0.29, 0.717) is 31.7 Å². The van der Waals surface area contributed by atoms with Gasteiger partial charge in [0.15, 0.2) is 0 Å². The number of hydrogen-bond acceptors (Lipinski definition) is 4. The predicted octanol–water partition coefficient (Wildman–Crippen LogP) is 3.90. The average Bonchev–Trinajstić information content (AvgIpc) is 2.70. The van der Waals surface area contributed by atoms with E-state index in [4.69, 9.17) is 4.74 Å². The molecule has 0 bridgehead atoms. The standard InChI is InChI=1S/C22H22N2O3S/c1-2-7-20-16-27-15-19-9-4-3-8-18(19)14-24(20)28(25,26)21-12-5-10-17-11-6-13-23-22(17)21/h2-6,8-13,20H,1,7,14-16H2/t20-/m1/s1. The van der Waals surface area contributed by atoms with E-state index in [1.165, 1.54) is 4.31 Å². The van der Waals surface area contributed by atoms with E-state index < -0.39 is 10.0 Å². The molecular weight excluding hydrogens is 372 g/mol. The largest absolute Gasteiger partial charge is 0.375 e. The molecule has 1 atom stereocenters. The monoisotopic (exact) mass is 394 g/mol. The molecule has 5 nitrogen and oxygen atoms in total. The summed E-state index contributed by atoms with van der Waals surface area (Å²) in [4.78, 5) is 4.56. The van der Waals surface area contributed by atoms with Crippen LogP contribution in [0, 0.1) is 0 Å². The molecule has 0 N–H and O–H groups in total. The van der Waals surface area contributed by atoms with Gasteiger partial charge in [0, 0.05) is 18.1 Å². The van der Waals surface area contributed by atoms with Gasteiger partial charge in [-0.25, -0.2) is 8.42 Å². The third kappa shape index (κ3) is 3.46. The number of pyridine rings is 1. The van der Waals surface area contributed by atoms with Crippen LogP contribution in [-0.2, 0) is 27.9 Å². The zero-order valence-corrected chi connectivity index (χ0v) is 16.3. The fourth-order valence-corrected chi connectivity index (χ4v) is 5.37. The third-order valence-electron chi connectivity index (χ3n) is 5.04. The number of nitrogens with zero attached hydrogens (tertiary/aromatic N) is 2. The van der Waals surface area contributed by atoms with Crippen LogP contribution in [0.15, 0.2) is 78.3 Å². The molecule has 2 heterocycles. The Labute approximate surface area is 165 Å². The van der Waals surface area contributed by atoms with E-state index in [9.17, 15) is 8.42 Å². The quantitative estimate of drug-likeness (QED) is 0.630. The minimum Gasteiger partial charge on any atom is -0.375 e. The maximum absolute atomic E-state index is 13.8. The normalized spacial score (nSPS) is 18.2. The van der Waals surface area contributed by atoms with E-state index in [1.54, 1.807) is 30.5 Å². The molecule has 1 aliphatic rings. The number of aromatic nitrogens is 1. The summed E-state index contributed by atoms with van der Waals surface area (Å²) in [5, 5.41) is 0.799. The van der Waals surface area contributed by atoms with E-state index in [2.05, 4.69) is 11.6 Å². The first-order chi connectivity index (χ1) is 13.6. The van der Waals surface area contributed by atoms with Crippen molar-refractivity contribution in [2.24, 2.45) is 0 Å². The summed E-state index contributed by atoms with van der Waals surface area (Å²) in [5.41, 5.74) is 2.45. The lowest BCUT2D eigenvalue weighted by atomic mass is 10.1. The fourth-order valence-electron chi connectivity index (χ4n) is 3.61. The van der Waals surface area contributed by atoms with E-state index in [-0.39, 0.29) is 10.9 Å². The van der Waals surface area contributed by atoms with Crippen LogP contribution in [0.3, 0.4) is 0 Å². The minimum atomic E-state index is -3.80. The third-order valence-corrected chi connectivity index (χ3v) is 6.97. The SMILES string of the molecule is C=CC[C@@H]1COCc2ccccc2CN1S(=O)(=O)c1cccc2cccnc12. The molecule has 144 valence electrons. The highest BCUT2D eigenvalue weighted by atomic mass is 32.2. The molecule has 4 rings (SSSR count). The number of hydrogen-bond donors (Lipinski definition) is 0. The molecule has 0 aliphatic carbocycles. The number of benzene rings is 2. The van der Waals surface area contributed by atoms with Crippen LogP contribution < -0.4 is 0 Å². The van der Waals surface area contributed by atoms with E-state index in [0.717, 1.165) is 16.5 Å². The Kier molecular flexibility index (Phi) is 5.26. The van der Waals surface area contributed by atoms with Gasteiger partial charge in [-0.3, -0.25) is 4.98 Å². The highest BCUT2D eigenvalue weighted by molar-refractivity contribution is 7.89. The Morgan fingerprint density at radius 2 is 1.89 bits per heavy atom. The predicted molar refractivity (Wildman–Crippen MR) is 109 cm³/mol. The van der Waals surface area contributed by atoms with Crippen molar-refractivity contribution in [3.05, 3.63) is 84.6 Å². The Hall–Kier alpha value is -2.54. The summed E-state index contributed by atoms with van der Waals surface area (Å²) >= 11 is 0. The van der Waals surface area contributed by atoms with Crippen LogP contribution in [0.25, 0.3) is 10.9 Å². The van der Waals surface area contributed by atoms with Gasteiger partial charge in [0.25, 0.3) is 0 Å². The second-order valence-corrected chi connectivity index (χ2v) is 8.70. The molecule has 0 unspecified atom stereocenters. The van der Waals surface area contributed by atoms with Crippen LogP contribution in [0.4, 0.5) is 0 Å². The Bertz CT molecular complexity index is 1110. The summed E-state index contributed by atoms with van der Waals surface area (Å²) in [5.74, 6) is 0. The summed E-state index contributed by atoms with van der Waals surface area (Å²) in [6.45, 7) is 4.90. The van der Waals surface area contributed by atoms with Crippen molar-refractivity contribution >= 4 is 20.9 Å². The van der Waals surface area contributed by atoms with Crippen LogP contribution in [0.2, 0.25) is 0 Å². The van der Waals surface area contributed by atoms with Gasteiger partial charge in [-0.2, -0.15) is 4.31 Å². The zero-order chi connectivity index (χ0) is 19.6. The Morgan fingerprint density at radius 1 is 1.11 bits per heavy atom. The van der Waals surface area contributed by atoms with Gasteiger partial charge in [0.2, 0.25) is 10.0 Å². The number of rotatable bonds is 4. The zero-order valence-electron chi connectivity index (χ0n) is 15.5. The topological polar surface area (TPSA) is 59.5 Å². The molecular formula is C22H22N2O3S. The first-order valence-corrected chi connectivity index (χ1v) is 10.7. The lowest BCUT2D eigenvalue weighted by Gasteiger charge is -2.33. The van der Waals surface area contributed by atoms with Crippen LogP contribution in [-0.4, -0.2) is 30.4 Å². The van der Waals surface area contributed by atoms with Gasteiger partial charge in [0.1, 0.15) is 4.90 Å². The highest BCUT2D eigenvalue weighted by Gasteiger charge is 2.34. The van der Waals surface area contributed by atoms with Gasteiger partial charge < -0.3 is 4.74 Å². The minimum absolute atomic E-state index is 0.220.